The lowest BCUT2D eigenvalue weighted by molar-refractivity contribution is 0.321. The number of oxime groups is 1. The SMILES string of the molecule is CCCCC#Cc1c(/C=N\O)n(S(=O)(=O)c2ccccc2)c2ccccc12. The van der Waals surface area contributed by atoms with E-state index < -0.39 is 10.0 Å². The number of unbranched alkanes of at least 4 members (excludes halogenated alkanes) is 2. The second-order valence-corrected chi connectivity index (χ2v) is 7.80. The quantitative estimate of drug-likeness (QED) is 0.237. The molecule has 0 aliphatic carbocycles. The first-order valence-corrected chi connectivity index (χ1v) is 10.2. The summed E-state index contributed by atoms with van der Waals surface area (Å²) >= 11 is 0. The molecule has 0 amide bonds. The van der Waals surface area contributed by atoms with Gasteiger partial charge in [0.05, 0.1) is 27.9 Å². The van der Waals surface area contributed by atoms with Crippen molar-refractivity contribution in [3.05, 3.63) is 65.9 Å². The van der Waals surface area contributed by atoms with Gasteiger partial charge in [-0.1, -0.05) is 66.7 Å². The van der Waals surface area contributed by atoms with Crippen LogP contribution < -0.4 is 0 Å². The molecule has 0 aliphatic heterocycles. The van der Waals surface area contributed by atoms with Crippen LogP contribution in [0.25, 0.3) is 10.9 Å². The van der Waals surface area contributed by atoms with E-state index >= 15 is 0 Å². The minimum atomic E-state index is -3.89. The van der Waals surface area contributed by atoms with Gasteiger partial charge < -0.3 is 5.21 Å². The molecule has 0 saturated carbocycles. The summed E-state index contributed by atoms with van der Waals surface area (Å²) in [5.41, 5.74) is 1.28. The van der Waals surface area contributed by atoms with Gasteiger partial charge in [0.15, 0.2) is 0 Å². The van der Waals surface area contributed by atoms with Gasteiger partial charge in [0.2, 0.25) is 0 Å². The Bertz CT molecular complexity index is 1130. The lowest BCUT2D eigenvalue weighted by Gasteiger charge is -2.09. The van der Waals surface area contributed by atoms with E-state index in [1.165, 1.54) is 16.1 Å². The smallest absolute Gasteiger partial charge is 0.268 e. The first-order valence-electron chi connectivity index (χ1n) is 8.71. The van der Waals surface area contributed by atoms with Crippen LogP contribution in [0.3, 0.4) is 0 Å². The molecule has 1 N–H and O–H groups in total. The molecule has 27 heavy (non-hydrogen) atoms. The third-order valence-corrected chi connectivity index (χ3v) is 5.94. The number of aromatic nitrogens is 1. The zero-order chi connectivity index (χ0) is 19.3. The highest BCUT2D eigenvalue weighted by Gasteiger charge is 2.25. The zero-order valence-corrected chi connectivity index (χ0v) is 15.8. The van der Waals surface area contributed by atoms with E-state index in [1.807, 2.05) is 12.1 Å². The summed E-state index contributed by atoms with van der Waals surface area (Å²) < 4.78 is 27.8. The second-order valence-electron chi connectivity index (χ2n) is 6.01. The Balaban J connectivity index is 2.32. The van der Waals surface area contributed by atoms with Crippen molar-refractivity contribution in [2.75, 3.05) is 0 Å². The van der Waals surface area contributed by atoms with Crippen molar-refractivity contribution in [1.29, 1.82) is 0 Å². The Morgan fingerprint density at radius 3 is 2.52 bits per heavy atom. The Labute approximate surface area is 159 Å². The number of fused-ring (bicyclic) bond motifs is 1. The average molecular weight is 380 g/mol. The molecule has 0 aliphatic rings. The predicted molar refractivity (Wildman–Crippen MR) is 107 cm³/mol. The molecule has 0 unspecified atom stereocenters. The number of nitrogens with zero attached hydrogens (tertiary/aromatic N) is 2. The minimum absolute atomic E-state index is 0.156. The van der Waals surface area contributed by atoms with E-state index in [1.54, 1.807) is 30.3 Å². The third kappa shape index (κ3) is 3.60. The van der Waals surface area contributed by atoms with Crippen LogP contribution in [0.1, 0.15) is 37.4 Å². The number of para-hydroxylation sites is 1. The van der Waals surface area contributed by atoms with Gasteiger partial charge in [0, 0.05) is 11.8 Å². The predicted octanol–water partition coefficient (Wildman–Crippen LogP) is 4.23. The highest BCUT2D eigenvalue weighted by molar-refractivity contribution is 7.90. The molecule has 1 aromatic heterocycles. The fourth-order valence-electron chi connectivity index (χ4n) is 2.91. The van der Waals surface area contributed by atoms with E-state index in [-0.39, 0.29) is 10.6 Å². The summed E-state index contributed by atoms with van der Waals surface area (Å²) in [5.74, 6) is 6.18. The van der Waals surface area contributed by atoms with Gasteiger partial charge in [0.25, 0.3) is 10.0 Å². The maximum atomic E-state index is 13.3. The van der Waals surface area contributed by atoms with E-state index in [9.17, 15) is 8.42 Å². The van der Waals surface area contributed by atoms with Crippen LogP contribution in [-0.2, 0) is 10.0 Å². The van der Waals surface area contributed by atoms with Crippen molar-refractivity contribution in [3.63, 3.8) is 0 Å². The van der Waals surface area contributed by atoms with E-state index in [0.717, 1.165) is 25.5 Å². The van der Waals surface area contributed by atoms with Crippen LogP contribution >= 0.6 is 0 Å². The Hall–Kier alpha value is -3.04. The van der Waals surface area contributed by atoms with Crippen LogP contribution in [-0.4, -0.2) is 23.8 Å². The Morgan fingerprint density at radius 2 is 1.81 bits per heavy atom. The standard InChI is InChI=1S/C21H20N2O3S/c1-2-3-4-8-13-19-18-14-9-10-15-20(18)23(21(19)16-22-24)27(25,26)17-11-6-5-7-12-17/h5-7,9-12,14-16,24H,2-4H2,1H3/b22-16-. The highest BCUT2D eigenvalue weighted by atomic mass is 32.2. The molecule has 1 heterocycles. The number of benzene rings is 2. The first kappa shape index (κ1) is 18.7. The van der Waals surface area contributed by atoms with Crippen molar-refractivity contribution in [2.24, 2.45) is 5.16 Å². The summed E-state index contributed by atoms with van der Waals surface area (Å²) in [6.45, 7) is 2.09. The van der Waals surface area contributed by atoms with Crippen molar-refractivity contribution in [2.45, 2.75) is 31.1 Å². The van der Waals surface area contributed by atoms with Crippen LogP contribution in [0.15, 0.2) is 64.6 Å². The van der Waals surface area contributed by atoms with Crippen molar-refractivity contribution < 1.29 is 13.6 Å². The lowest BCUT2D eigenvalue weighted by atomic mass is 10.1. The van der Waals surface area contributed by atoms with Crippen LogP contribution in [0.5, 0.6) is 0 Å². The molecular weight excluding hydrogens is 360 g/mol. The number of hydrogen-bond acceptors (Lipinski definition) is 4. The summed E-state index contributed by atoms with van der Waals surface area (Å²) in [5, 5.41) is 13.0. The van der Waals surface area contributed by atoms with E-state index in [4.69, 9.17) is 5.21 Å². The topological polar surface area (TPSA) is 71.7 Å². The molecule has 3 rings (SSSR count). The molecule has 0 saturated heterocycles. The normalized spacial score (nSPS) is 11.6. The van der Waals surface area contributed by atoms with Crippen molar-refractivity contribution >= 4 is 27.1 Å². The van der Waals surface area contributed by atoms with Crippen molar-refractivity contribution in [1.82, 2.24) is 3.97 Å². The van der Waals surface area contributed by atoms with Gasteiger partial charge >= 0.3 is 0 Å². The molecule has 0 radical (unpaired) electrons. The van der Waals surface area contributed by atoms with Gasteiger partial charge in [-0.3, -0.25) is 0 Å². The van der Waals surface area contributed by atoms with Gasteiger partial charge in [-0.05, 0) is 24.6 Å². The fraction of sp³-hybridized carbons (Fsp3) is 0.190. The summed E-state index contributed by atoms with van der Waals surface area (Å²) in [4.78, 5) is 0.156. The summed E-state index contributed by atoms with van der Waals surface area (Å²) in [6.07, 6.45) is 3.85. The minimum Gasteiger partial charge on any atom is -0.411 e. The van der Waals surface area contributed by atoms with Crippen molar-refractivity contribution in [3.8, 4) is 11.8 Å². The highest BCUT2D eigenvalue weighted by Crippen LogP contribution is 2.29. The molecule has 138 valence electrons. The maximum absolute atomic E-state index is 13.3. The summed E-state index contributed by atoms with van der Waals surface area (Å²) in [6, 6.07) is 15.3. The molecule has 3 aromatic rings. The van der Waals surface area contributed by atoms with E-state index in [0.29, 0.717) is 16.5 Å². The average Bonchev–Trinajstić information content (AvgIpc) is 3.00. The molecule has 6 heteroatoms. The molecule has 5 nitrogen and oxygen atoms in total. The first-order chi connectivity index (χ1) is 13.1. The molecule has 0 spiro atoms. The Kier molecular flexibility index (Phi) is 5.63. The zero-order valence-electron chi connectivity index (χ0n) is 15.0. The maximum Gasteiger partial charge on any atom is 0.268 e. The number of rotatable bonds is 5. The third-order valence-electron chi connectivity index (χ3n) is 4.20. The van der Waals surface area contributed by atoms with Gasteiger partial charge in [-0.25, -0.2) is 12.4 Å². The van der Waals surface area contributed by atoms with E-state index in [2.05, 4.69) is 23.9 Å². The number of hydrogen-bond donors (Lipinski definition) is 1. The van der Waals surface area contributed by atoms with Gasteiger partial charge in [-0.2, -0.15) is 0 Å². The largest absolute Gasteiger partial charge is 0.411 e. The summed E-state index contributed by atoms with van der Waals surface area (Å²) in [7, 11) is -3.89. The second kappa shape index (κ2) is 8.11. The lowest BCUT2D eigenvalue weighted by Crippen LogP contribution is -2.16. The van der Waals surface area contributed by atoms with Crippen LogP contribution in [0, 0.1) is 11.8 Å². The molecule has 2 aromatic carbocycles. The molecule has 0 atom stereocenters. The van der Waals surface area contributed by atoms with Gasteiger partial charge in [-0.15, -0.1) is 0 Å². The fourth-order valence-corrected chi connectivity index (χ4v) is 4.43. The van der Waals surface area contributed by atoms with Crippen LogP contribution in [0.2, 0.25) is 0 Å². The van der Waals surface area contributed by atoms with Crippen LogP contribution in [0.4, 0.5) is 0 Å². The Morgan fingerprint density at radius 1 is 1.11 bits per heavy atom. The monoisotopic (exact) mass is 380 g/mol. The molecule has 0 fully saturated rings. The molecule has 0 bridgehead atoms. The molecular formula is C21H20N2O3S. The van der Waals surface area contributed by atoms with Gasteiger partial charge in [0.1, 0.15) is 0 Å².